The van der Waals surface area contributed by atoms with E-state index < -0.39 is 0 Å². The highest BCUT2D eigenvalue weighted by atomic mass is 32.2. The van der Waals surface area contributed by atoms with Crippen LogP contribution in [0.5, 0.6) is 5.75 Å². The smallest absolute Gasteiger partial charge is 0.242 e. The highest BCUT2D eigenvalue weighted by Crippen LogP contribution is 2.29. The lowest BCUT2D eigenvalue weighted by molar-refractivity contribution is -0.117. The molecule has 1 aliphatic rings. The second kappa shape index (κ2) is 6.30. The van der Waals surface area contributed by atoms with Gasteiger partial charge in [0.15, 0.2) is 0 Å². The summed E-state index contributed by atoms with van der Waals surface area (Å²) in [5.74, 6) is 2.80. The summed E-state index contributed by atoms with van der Waals surface area (Å²) in [4.78, 5) is 12.1. The molecule has 1 fully saturated rings. The van der Waals surface area contributed by atoms with Crippen LogP contribution < -0.4 is 15.4 Å². The quantitative estimate of drug-likeness (QED) is 0.889. The Morgan fingerprint density at radius 1 is 1.53 bits per heavy atom. The summed E-state index contributed by atoms with van der Waals surface area (Å²) >= 11 is 1.73. The highest BCUT2D eigenvalue weighted by molar-refractivity contribution is 7.99. The fourth-order valence-corrected chi connectivity index (χ4v) is 2.90. The minimum absolute atomic E-state index is 0.000553. The molecule has 2 N–H and O–H groups in total. The molecule has 4 nitrogen and oxygen atoms in total. The van der Waals surface area contributed by atoms with Gasteiger partial charge in [-0.2, -0.15) is 0 Å². The van der Waals surface area contributed by atoms with Crippen LogP contribution in [0.25, 0.3) is 0 Å². The van der Waals surface area contributed by atoms with E-state index in [1.807, 2.05) is 18.2 Å². The van der Waals surface area contributed by atoms with Crippen molar-refractivity contribution in [2.75, 3.05) is 24.1 Å². The molecule has 2 rings (SSSR count). The zero-order valence-corrected chi connectivity index (χ0v) is 12.3. The monoisotopic (exact) mass is 280 g/mol. The molecular formula is C14H20N2O2S. The van der Waals surface area contributed by atoms with Crippen molar-refractivity contribution in [3.8, 4) is 5.75 Å². The van der Waals surface area contributed by atoms with Gasteiger partial charge in [-0.05, 0) is 23.6 Å². The van der Waals surface area contributed by atoms with Gasteiger partial charge in [0.2, 0.25) is 5.91 Å². The molecule has 1 aromatic carbocycles. The third-order valence-electron chi connectivity index (χ3n) is 3.18. The van der Waals surface area contributed by atoms with Crippen LogP contribution in [0.1, 0.15) is 25.3 Å². The Morgan fingerprint density at radius 3 is 2.89 bits per heavy atom. The molecule has 0 radical (unpaired) electrons. The van der Waals surface area contributed by atoms with E-state index >= 15 is 0 Å². The fraction of sp³-hybridized carbons (Fsp3) is 0.500. The topological polar surface area (TPSA) is 50.4 Å². The van der Waals surface area contributed by atoms with E-state index in [4.69, 9.17) is 4.74 Å². The molecule has 1 aromatic rings. The van der Waals surface area contributed by atoms with Crippen LogP contribution in [0.2, 0.25) is 0 Å². The van der Waals surface area contributed by atoms with Crippen molar-refractivity contribution in [3.05, 3.63) is 23.8 Å². The van der Waals surface area contributed by atoms with E-state index in [9.17, 15) is 4.79 Å². The van der Waals surface area contributed by atoms with Gasteiger partial charge < -0.3 is 10.1 Å². The van der Waals surface area contributed by atoms with Crippen molar-refractivity contribution >= 4 is 23.4 Å². The van der Waals surface area contributed by atoms with Crippen molar-refractivity contribution in [3.63, 3.8) is 0 Å². The predicted molar refractivity (Wildman–Crippen MR) is 80.0 cm³/mol. The predicted octanol–water partition coefficient (Wildman–Crippen LogP) is 2.42. The van der Waals surface area contributed by atoms with Gasteiger partial charge in [-0.3, -0.25) is 10.1 Å². The Balaban J connectivity index is 2.12. The van der Waals surface area contributed by atoms with Gasteiger partial charge in [0.1, 0.15) is 5.75 Å². The first-order valence-electron chi connectivity index (χ1n) is 6.41. The maximum absolute atomic E-state index is 12.1. The van der Waals surface area contributed by atoms with Gasteiger partial charge in [-0.25, -0.2) is 0 Å². The molecule has 1 saturated heterocycles. The van der Waals surface area contributed by atoms with Crippen LogP contribution in [-0.4, -0.2) is 30.7 Å². The number of amides is 1. The molecule has 0 aliphatic carbocycles. The Kier molecular flexibility index (Phi) is 4.71. The molecule has 1 heterocycles. The van der Waals surface area contributed by atoms with Gasteiger partial charge in [0.25, 0.3) is 0 Å². The zero-order valence-electron chi connectivity index (χ0n) is 11.5. The lowest BCUT2D eigenvalue weighted by atomic mass is 10.0. The van der Waals surface area contributed by atoms with E-state index in [2.05, 4.69) is 24.5 Å². The first kappa shape index (κ1) is 14.2. The Morgan fingerprint density at radius 2 is 2.32 bits per heavy atom. The standard InChI is InChI=1S/C14H20N2O2S/c1-9(2)10-4-5-11(13(6-10)18-3)16-14(17)12-7-19-8-15-12/h4-6,9,12,15H,7-8H2,1-3H3,(H,16,17). The number of rotatable bonds is 4. The first-order valence-corrected chi connectivity index (χ1v) is 7.57. The van der Waals surface area contributed by atoms with E-state index in [1.54, 1.807) is 18.9 Å². The SMILES string of the molecule is COc1cc(C(C)C)ccc1NC(=O)C1CSCN1. The number of hydrogen-bond donors (Lipinski definition) is 2. The molecule has 19 heavy (non-hydrogen) atoms. The average molecular weight is 280 g/mol. The molecule has 1 aliphatic heterocycles. The molecule has 1 amide bonds. The lowest BCUT2D eigenvalue weighted by Crippen LogP contribution is -2.37. The van der Waals surface area contributed by atoms with Crippen LogP contribution in [0.15, 0.2) is 18.2 Å². The number of anilines is 1. The van der Waals surface area contributed by atoms with Crippen LogP contribution in [0.3, 0.4) is 0 Å². The number of thioether (sulfide) groups is 1. The van der Waals surface area contributed by atoms with Gasteiger partial charge in [-0.15, -0.1) is 11.8 Å². The fourth-order valence-electron chi connectivity index (χ4n) is 1.95. The van der Waals surface area contributed by atoms with Crippen molar-refractivity contribution < 1.29 is 9.53 Å². The van der Waals surface area contributed by atoms with E-state index in [0.717, 1.165) is 17.3 Å². The Bertz CT molecular complexity index is 457. The van der Waals surface area contributed by atoms with Crippen molar-refractivity contribution in [2.45, 2.75) is 25.8 Å². The van der Waals surface area contributed by atoms with E-state index in [0.29, 0.717) is 11.7 Å². The van der Waals surface area contributed by atoms with Gasteiger partial charge >= 0.3 is 0 Å². The number of hydrogen-bond acceptors (Lipinski definition) is 4. The van der Waals surface area contributed by atoms with Crippen molar-refractivity contribution in [1.29, 1.82) is 0 Å². The highest BCUT2D eigenvalue weighted by Gasteiger charge is 2.23. The van der Waals surface area contributed by atoms with Crippen LogP contribution in [-0.2, 0) is 4.79 Å². The van der Waals surface area contributed by atoms with E-state index in [-0.39, 0.29) is 11.9 Å². The minimum Gasteiger partial charge on any atom is -0.495 e. The molecule has 0 saturated carbocycles. The van der Waals surface area contributed by atoms with Gasteiger partial charge in [0.05, 0.1) is 18.8 Å². The third-order valence-corrected chi connectivity index (χ3v) is 4.12. The molecule has 1 atom stereocenters. The first-order chi connectivity index (χ1) is 9.11. The zero-order chi connectivity index (χ0) is 13.8. The van der Waals surface area contributed by atoms with E-state index in [1.165, 1.54) is 5.56 Å². The molecule has 0 bridgehead atoms. The number of carbonyl (C=O) groups is 1. The van der Waals surface area contributed by atoms with Gasteiger partial charge in [0, 0.05) is 11.6 Å². The van der Waals surface area contributed by atoms with Crippen LogP contribution in [0, 0.1) is 0 Å². The molecule has 0 spiro atoms. The Hall–Kier alpha value is -1.20. The summed E-state index contributed by atoms with van der Waals surface area (Å²) in [6, 6.07) is 5.81. The normalized spacial score (nSPS) is 18.6. The van der Waals surface area contributed by atoms with Crippen LogP contribution >= 0.6 is 11.8 Å². The maximum atomic E-state index is 12.1. The summed E-state index contributed by atoms with van der Waals surface area (Å²) < 4.78 is 5.36. The number of nitrogens with one attached hydrogen (secondary N) is 2. The second-order valence-electron chi connectivity index (χ2n) is 4.88. The summed E-state index contributed by atoms with van der Waals surface area (Å²) in [6.45, 7) is 4.26. The average Bonchev–Trinajstić information content (AvgIpc) is 2.92. The lowest BCUT2D eigenvalue weighted by Gasteiger charge is -2.15. The molecule has 5 heteroatoms. The third kappa shape index (κ3) is 3.42. The largest absolute Gasteiger partial charge is 0.495 e. The summed E-state index contributed by atoms with van der Waals surface area (Å²) in [6.07, 6.45) is 0. The van der Waals surface area contributed by atoms with Crippen LogP contribution in [0.4, 0.5) is 5.69 Å². The minimum atomic E-state index is -0.112. The summed E-state index contributed by atoms with van der Waals surface area (Å²) in [7, 11) is 1.62. The molecule has 1 unspecified atom stereocenters. The molecule has 0 aromatic heterocycles. The Labute approximate surface area is 118 Å². The molecule has 104 valence electrons. The van der Waals surface area contributed by atoms with Crippen molar-refractivity contribution in [1.82, 2.24) is 5.32 Å². The molecular weight excluding hydrogens is 260 g/mol. The number of carbonyl (C=O) groups excluding carboxylic acids is 1. The van der Waals surface area contributed by atoms with Crippen molar-refractivity contribution in [2.24, 2.45) is 0 Å². The number of ether oxygens (including phenoxy) is 1. The number of methoxy groups -OCH3 is 1. The maximum Gasteiger partial charge on any atom is 0.242 e. The summed E-state index contributed by atoms with van der Waals surface area (Å²) in [5, 5.41) is 6.08. The number of benzene rings is 1. The second-order valence-corrected chi connectivity index (χ2v) is 5.91. The van der Waals surface area contributed by atoms with Gasteiger partial charge in [-0.1, -0.05) is 19.9 Å². The summed E-state index contributed by atoms with van der Waals surface area (Å²) in [5.41, 5.74) is 1.93.